The van der Waals surface area contributed by atoms with Crippen LogP contribution in [0.3, 0.4) is 0 Å². The number of primary sulfonamides is 1. The van der Waals surface area contributed by atoms with Crippen LogP contribution >= 0.6 is 0 Å². The van der Waals surface area contributed by atoms with Gasteiger partial charge in [0.2, 0.25) is 10.0 Å². The number of carbonyl (C=O) groups excluding carboxylic acids is 1. The fourth-order valence-corrected chi connectivity index (χ4v) is 2.25. The second-order valence-corrected chi connectivity index (χ2v) is 4.64. The van der Waals surface area contributed by atoms with Crippen LogP contribution in [0.1, 0.15) is 30.0 Å². The normalized spacial score (nSPS) is 11.4. The van der Waals surface area contributed by atoms with E-state index in [2.05, 4.69) is 15.5 Å². The summed E-state index contributed by atoms with van der Waals surface area (Å²) in [6.45, 7) is 3.85. The number of nitrogens with one attached hydrogen (secondary N) is 2. The topological polar surface area (TPSA) is 118 Å². The number of hydrogen-bond donors (Lipinski definition) is 3. The third kappa shape index (κ3) is 2.39. The number of sulfonamides is 1. The molecule has 0 unspecified atom stereocenters. The SMILES string of the molecule is CCNC(=O)c1n[nH]c(CC)c1S(N)(=O)=O. The fourth-order valence-electron chi connectivity index (χ4n) is 1.31. The molecule has 1 aromatic heterocycles. The predicted octanol–water partition coefficient (Wildman–Crippen LogP) is -0.631. The van der Waals surface area contributed by atoms with Crippen molar-refractivity contribution < 1.29 is 13.2 Å². The summed E-state index contributed by atoms with van der Waals surface area (Å²) in [7, 11) is -3.95. The number of H-pyrrole nitrogens is 1. The van der Waals surface area contributed by atoms with Crippen molar-refractivity contribution in [3.63, 3.8) is 0 Å². The Morgan fingerprint density at radius 2 is 2.12 bits per heavy atom. The Morgan fingerprint density at radius 1 is 1.50 bits per heavy atom. The van der Waals surface area contributed by atoms with Gasteiger partial charge < -0.3 is 5.32 Å². The van der Waals surface area contributed by atoms with Gasteiger partial charge in [-0.2, -0.15) is 5.10 Å². The van der Waals surface area contributed by atoms with E-state index in [-0.39, 0.29) is 10.6 Å². The Hall–Kier alpha value is -1.41. The third-order valence-electron chi connectivity index (χ3n) is 1.98. The van der Waals surface area contributed by atoms with Gasteiger partial charge in [0, 0.05) is 6.54 Å². The van der Waals surface area contributed by atoms with Crippen molar-refractivity contribution in [2.75, 3.05) is 6.54 Å². The molecule has 0 atom stereocenters. The average Bonchev–Trinajstić information content (AvgIpc) is 2.60. The number of hydrogen-bond acceptors (Lipinski definition) is 4. The molecule has 0 bridgehead atoms. The van der Waals surface area contributed by atoms with E-state index in [1.807, 2.05) is 0 Å². The number of aryl methyl sites for hydroxylation is 1. The minimum absolute atomic E-state index is 0.179. The van der Waals surface area contributed by atoms with E-state index in [4.69, 9.17) is 5.14 Å². The van der Waals surface area contributed by atoms with E-state index in [9.17, 15) is 13.2 Å². The number of carbonyl (C=O) groups is 1. The van der Waals surface area contributed by atoms with E-state index >= 15 is 0 Å². The number of aromatic amines is 1. The van der Waals surface area contributed by atoms with Crippen LogP contribution in [0.25, 0.3) is 0 Å². The van der Waals surface area contributed by atoms with Gasteiger partial charge in [-0.3, -0.25) is 9.89 Å². The molecule has 1 amide bonds. The molecular formula is C8H14N4O3S. The molecule has 7 nitrogen and oxygen atoms in total. The first-order chi connectivity index (χ1) is 7.41. The minimum atomic E-state index is -3.95. The molecule has 4 N–H and O–H groups in total. The number of amides is 1. The monoisotopic (exact) mass is 246 g/mol. The summed E-state index contributed by atoms with van der Waals surface area (Å²) in [4.78, 5) is 11.3. The molecule has 1 aromatic rings. The maximum Gasteiger partial charge on any atom is 0.273 e. The molecule has 0 saturated heterocycles. The molecule has 0 aliphatic heterocycles. The first kappa shape index (κ1) is 12.7. The van der Waals surface area contributed by atoms with Crippen molar-refractivity contribution in [2.24, 2.45) is 5.14 Å². The first-order valence-electron chi connectivity index (χ1n) is 4.80. The quantitative estimate of drug-likeness (QED) is 0.655. The fraction of sp³-hybridized carbons (Fsp3) is 0.500. The van der Waals surface area contributed by atoms with Crippen molar-refractivity contribution in [1.82, 2.24) is 15.5 Å². The second-order valence-electron chi connectivity index (χ2n) is 3.14. The maximum atomic E-state index is 11.5. The van der Waals surface area contributed by atoms with E-state index < -0.39 is 15.9 Å². The summed E-state index contributed by atoms with van der Waals surface area (Å²) in [5.74, 6) is -0.553. The van der Waals surface area contributed by atoms with Crippen molar-refractivity contribution in [3.05, 3.63) is 11.4 Å². The molecule has 1 heterocycles. The Kier molecular flexibility index (Phi) is 3.66. The lowest BCUT2D eigenvalue weighted by Gasteiger charge is -2.02. The van der Waals surface area contributed by atoms with Gasteiger partial charge >= 0.3 is 0 Å². The zero-order chi connectivity index (χ0) is 12.3. The number of nitrogens with zero attached hydrogens (tertiary/aromatic N) is 1. The summed E-state index contributed by atoms with van der Waals surface area (Å²) in [6.07, 6.45) is 0.401. The molecule has 90 valence electrons. The molecular weight excluding hydrogens is 232 g/mol. The predicted molar refractivity (Wildman–Crippen MR) is 57.3 cm³/mol. The van der Waals surface area contributed by atoms with Crippen molar-refractivity contribution in [3.8, 4) is 0 Å². The number of rotatable bonds is 4. The highest BCUT2D eigenvalue weighted by atomic mass is 32.2. The summed E-state index contributed by atoms with van der Waals surface area (Å²) >= 11 is 0. The van der Waals surface area contributed by atoms with E-state index in [1.54, 1.807) is 13.8 Å². The van der Waals surface area contributed by atoms with Crippen LogP contribution in [-0.4, -0.2) is 31.1 Å². The molecule has 0 aliphatic rings. The lowest BCUT2D eigenvalue weighted by Crippen LogP contribution is -2.26. The first-order valence-corrected chi connectivity index (χ1v) is 6.34. The molecule has 0 fully saturated rings. The largest absolute Gasteiger partial charge is 0.351 e. The Bertz CT molecular complexity index is 491. The maximum absolute atomic E-state index is 11.5. The van der Waals surface area contributed by atoms with Gasteiger partial charge in [-0.25, -0.2) is 13.6 Å². The highest BCUT2D eigenvalue weighted by Crippen LogP contribution is 2.16. The minimum Gasteiger partial charge on any atom is -0.351 e. The molecule has 0 aromatic carbocycles. The molecule has 0 saturated carbocycles. The van der Waals surface area contributed by atoms with Crippen LogP contribution < -0.4 is 10.5 Å². The van der Waals surface area contributed by atoms with E-state index in [0.717, 1.165) is 0 Å². The number of aromatic nitrogens is 2. The van der Waals surface area contributed by atoms with Crippen LogP contribution in [0.5, 0.6) is 0 Å². The van der Waals surface area contributed by atoms with Gasteiger partial charge in [0.1, 0.15) is 4.90 Å². The van der Waals surface area contributed by atoms with E-state index in [1.165, 1.54) is 0 Å². The third-order valence-corrected chi connectivity index (χ3v) is 2.99. The summed E-state index contributed by atoms with van der Waals surface area (Å²) in [6, 6.07) is 0. The van der Waals surface area contributed by atoms with Crippen LogP contribution in [0.15, 0.2) is 4.90 Å². The average molecular weight is 246 g/mol. The zero-order valence-electron chi connectivity index (χ0n) is 9.07. The molecule has 0 aliphatic carbocycles. The molecule has 1 rings (SSSR count). The van der Waals surface area contributed by atoms with Crippen LogP contribution in [0.4, 0.5) is 0 Å². The lowest BCUT2D eigenvalue weighted by molar-refractivity contribution is 0.0947. The molecule has 0 radical (unpaired) electrons. The van der Waals surface area contributed by atoms with Crippen LogP contribution in [-0.2, 0) is 16.4 Å². The second kappa shape index (κ2) is 4.62. The number of nitrogens with two attached hydrogens (primary N) is 1. The highest BCUT2D eigenvalue weighted by molar-refractivity contribution is 7.89. The molecule has 16 heavy (non-hydrogen) atoms. The Balaban J connectivity index is 3.31. The van der Waals surface area contributed by atoms with E-state index in [0.29, 0.717) is 18.7 Å². The Labute approximate surface area is 93.5 Å². The summed E-state index contributed by atoms with van der Waals surface area (Å²) in [5, 5.41) is 13.7. The van der Waals surface area contributed by atoms with Gasteiger partial charge in [-0.05, 0) is 13.3 Å². The highest BCUT2D eigenvalue weighted by Gasteiger charge is 2.26. The Morgan fingerprint density at radius 3 is 2.56 bits per heavy atom. The lowest BCUT2D eigenvalue weighted by atomic mass is 10.3. The standard InChI is InChI=1S/C8H14N4O3S/c1-3-5-7(16(9,14)15)6(12-11-5)8(13)10-4-2/h3-4H2,1-2H3,(H,10,13)(H,11,12)(H2,9,14,15). The van der Waals surface area contributed by atoms with Crippen molar-refractivity contribution >= 4 is 15.9 Å². The van der Waals surface area contributed by atoms with Gasteiger partial charge in [-0.15, -0.1) is 0 Å². The summed E-state index contributed by atoms with van der Waals surface area (Å²) in [5.41, 5.74) is 0.157. The molecule has 8 heteroatoms. The van der Waals surface area contributed by atoms with Crippen LogP contribution in [0.2, 0.25) is 0 Å². The van der Waals surface area contributed by atoms with Gasteiger partial charge in [0.15, 0.2) is 5.69 Å². The van der Waals surface area contributed by atoms with Gasteiger partial charge in [-0.1, -0.05) is 6.92 Å². The van der Waals surface area contributed by atoms with Crippen molar-refractivity contribution in [1.29, 1.82) is 0 Å². The smallest absolute Gasteiger partial charge is 0.273 e. The van der Waals surface area contributed by atoms with Gasteiger partial charge in [0.25, 0.3) is 5.91 Å². The zero-order valence-corrected chi connectivity index (χ0v) is 9.89. The molecule has 0 spiro atoms. The van der Waals surface area contributed by atoms with Gasteiger partial charge in [0.05, 0.1) is 5.69 Å². The van der Waals surface area contributed by atoms with Crippen molar-refractivity contribution in [2.45, 2.75) is 25.2 Å². The summed E-state index contributed by atoms with van der Waals surface area (Å²) < 4.78 is 22.7. The van der Waals surface area contributed by atoms with Crippen LogP contribution in [0, 0.1) is 0 Å².